The Balaban J connectivity index is 1.96. The van der Waals surface area contributed by atoms with Gasteiger partial charge in [-0.1, -0.05) is 69.9 Å². The summed E-state index contributed by atoms with van der Waals surface area (Å²) in [5, 5.41) is 0.630. The highest BCUT2D eigenvalue weighted by atomic mass is 35.5. The average molecular weight is 311 g/mol. The Bertz CT molecular complexity index is 387. The summed E-state index contributed by atoms with van der Waals surface area (Å²) in [6.45, 7) is 2.75. The fraction of sp³-hybridized carbons (Fsp3) is 0.611. The van der Waals surface area contributed by atoms with E-state index in [0.717, 1.165) is 12.8 Å². The zero-order valence-electron chi connectivity index (χ0n) is 13.1. The number of carbonyl (C=O) groups excluding carboxylic acids is 1. The summed E-state index contributed by atoms with van der Waals surface area (Å²) in [4.78, 5) is 11.7. The lowest BCUT2D eigenvalue weighted by Gasteiger charge is -2.05. The number of esters is 1. The van der Waals surface area contributed by atoms with E-state index < -0.39 is 0 Å². The van der Waals surface area contributed by atoms with Gasteiger partial charge in [0.05, 0.1) is 12.2 Å². The van der Waals surface area contributed by atoms with Crippen molar-refractivity contribution in [2.24, 2.45) is 0 Å². The first-order chi connectivity index (χ1) is 10.2. The fourth-order valence-electron chi connectivity index (χ4n) is 2.25. The predicted octanol–water partition coefficient (Wildman–Crippen LogP) is 6.03. The molecular formula is C18H27ClO2. The van der Waals surface area contributed by atoms with Crippen molar-refractivity contribution >= 4 is 17.6 Å². The zero-order chi connectivity index (χ0) is 15.3. The van der Waals surface area contributed by atoms with Crippen LogP contribution in [-0.2, 0) is 4.74 Å². The second-order valence-corrected chi connectivity index (χ2v) is 5.91. The topological polar surface area (TPSA) is 26.3 Å². The second-order valence-electron chi connectivity index (χ2n) is 5.47. The SMILES string of the molecule is CCCCCCCCCCCOC(=O)c1ccc(Cl)cc1. The summed E-state index contributed by atoms with van der Waals surface area (Å²) in [5.74, 6) is -0.258. The fourth-order valence-corrected chi connectivity index (χ4v) is 2.37. The highest BCUT2D eigenvalue weighted by Crippen LogP contribution is 2.12. The lowest BCUT2D eigenvalue weighted by Crippen LogP contribution is -2.06. The number of benzene rings is 1. The lowest BCUT2D eigenvalue weighted by atomic mass is 10.1. The average Bonchev–Trinajstić information content (AvgIpc) is 2.49. The first kappa shape index (κ1) is 18.0. The standard InChI is InChI=1S/C18H27ClO2/c1-2-3-4-5-6-7-8-9-10-15-21-18(20)16-11-13-17(19)14-12-16/h11-14H,2-10,15H2,1H3. The Morgan fingerprint density at radius 3 is 2.00 bits per heavy atom. The van der Waals surface area contributed by atoms with Crippen LogP contribution in [0.3, 0.4) is 0 Å². The molecule has 1 rings (SSSR count). The third kappa shape index (κ3) is 8.77. The molecule has 0 aliphatic rings. The Hall–Kier alpha value is -1.02. The van der Waals surface area contributed by atoms with E-state index in [-0.39, 0.29) is 5.97 Å². The molecular weight excluding hydrogens is 284 g/mol. The lowest BCUT2D eigenvalue weighted by molar-refractivity contribution is 0.0497. The highest BCUT2D eigenvalue weighted by Gasteiger charge is 2.05. The van der Waals surface area contributed by atoms with E-state index in [1.54, 1.807) is 24.3 Å². The Kier molecular flexibility index (Phi) is 9.98. The van der Waals surface area contributed by atoms with Crippen LogP contribution < -0.4 is 0 Å². The van der Waals surface area contributed by atoms with Gasteiger partial charge in [0.25, 0.3) is 0 Å². The van der Waals surface area contributed by atoms with Gasteiger partial charge in [0.2, 0.25) is 0 Å². The maximum absolute atomic E-state index is 11.7. The molecule has 0 unspecified atom stereocenters. The van der Waals surface area contributed by atoms with E-state index in [1.165, 1.54) is 44.9 Å². The Morgan fingerprint density at radius 1 is 0.905 bits per heavy atom. The minimum Gasteiger partial charge on any atom is -0.462 e. The van der Waals surface area contributed by atoms with Crippen LogP contribution in [0.5, 0.6) is 0 Å². The molecule has 0 radical (unpaired) electrons. The molecule has 0 heterocycles. The molecule has 0 spiro atoms. The molecule has 0 aliphatic carbocycles. The van der Waals surface area contributed by atoms with Gasteiger partial charge in [-0.2, -0.15) is 0 Å². The van der Waals surface area contributed by atoms with Gasteiger partial charge in [-0.25, -0.2) is 4.79 Å². The third-order valence-electron chi connectivity index (χ3n) is 3.56. The molecule has 118 valence electrons. The Morgan fingerprint density at radius 2 is 1.43 bits per heavy atom. The summed E-state index contributed by atoms with van der Waals surface area (Å²) < 4.78 is 5.25. The van der Waals surface area contributed by atoms with Crippen LogP contribution in [0.1, 0.15) is 75.1 Å². The molecule has 0 saturated carbocycles. The molecule has 0 atom stereocenters. The molecule has 0 N–H and O–H groups in total. The predicted molar refractivity (Wildman–Crippen MR) is 89.0 cm³/mol. The quantitative estimate of drug-likeness (QED) is 0.368. The van der Waals surface area contributed by atoms with E-state index in [1.807, 2.05) is 0 Å². The van der Waals surface area contributed by atoms with Gasteiger partial charge < -0.3 is 4.74 Å². The number of hydrogen-bond acceptors (Lipinski definition) is 2. The van der Waals surface area contributed by atoms with Crippen molar-refractivity contribution in [3.63, 3.8) is 0 Å². The second kappa shape index (κ2) is 11.6. The van der Waals surface area contributed by atoms with Crippen LogP contribution >= 0.6 is 11.6 Å². The van der Waals surface area contributed by atoms with Crippen LogP contribution in [0.25, 0.3) is 0 Å². The van der Waals surface area contributed by atoms with Gasteiger partial charge in [-0.15, -0.1) is 0 Å². The van der Waals surface area contributed by atoms with Crippen molar-refractivity contribution in [2.75, 3.05) is 6.61 Å². The van der Waals surface area contributed by atoms with Crippen LogP contribution in [0.4, 0.5) is 0 Å². The summed E-state index contributed by atoms with van der Waals surface area (Å²) >= 11 is 5.78. The van der Waals surface area contributed by atoms with Crippen LogP contribution in [0, 0.1) is 0 Å². The van der Waals surface area contributed by atoms with Crippen molar-refractivity contribution in [3.8, 4) is 0 Å². The van der Waals surface area contributed by atoms with E-state index in [0.29, 0.717) is 17.2 Å². The number of hydrogen-bond donors (Lipinski definition) is 0. The number of ether oxygens (including phenoxy) is 1. The van der Waals surface area contributed by atoms with E-state index in [9.17, 15) is 4.79 Å². The van der Waals surface area contributed by atoms with Crippen LogP contribution in [0.15, 0.2) is 24.3 Å². The molecule has 1 aromatic carbocycles. The van der Waals surface area contributed by atoms with Gasteiger partial charge in [0, 0.05) is 5.02 Å². The maximum Gasteiger partial charge on any atom is 0.338 e. The molecule has 0 aliphatic heterocycles. The number of carbonyl (C=O) groups is 1. The normalized spacial score (nSPS) is 10.6. The smallest absolute Gasteiger partial charge is 0.338 e. The largest absolute Gasteiger partial charge is 0.462 e. The molecule has 21 heavy (non-hydrogen) atoms. The monoisotopic (exact) mass is 310 g/mol. The van der Waals surface area contributed by atoms with Gasteiger partial charge in [0.1, 0.15) is 0 Å². The zero-order valence-corrected chi connectivity index (χ0v) is 13.8. The van der Waals surface area contributed by atoms with Crippen molar-refractivity contribution in [3.05, 3.63) is 34.9 Å². The number of unbranched alkanes of at least 4 members (excludes halogenated alkanes) is 8. The molecule has 0 saturated heterocycles. The molecule has 1 aromatic rings. The molecule has 0 fully saturated rings. The first-order valence-electron chi connectivity index (χ1n) is 8.16. The Labute approximate surface area is 133 Å². The molecule has 2 nitrogen and oxygen atoms in total. The number of rotatable bonds is 11. The van der Waals surface area contributed by atoms with Crippen molar-refractivity contribution in [1.29, 1.82) is 0 Å². The molecule has 3 heteroatoms. The first-order valence-corrected chi connectivity index (χ1v) is 8.54. The minimum absolute atomic E-state index is 0.258. The summed E-state index contributed by atoms with van der Waals surface area (Å²) in [6, 6.07) is 6.80. The van der Waals surface area contributed by atoms with Gasteiger partial charge in [-0.3, -0.25) is 0 Å². The molecule has 0 amide bonds. The minimum atomic E-state index is -0.258. The van der Waals surface area contributed by atoms with Crippen molar-refractivity contribution in [2.45, 2.75) is 64.7 Å². The number of halogens is 1. The highest BCUT2D eigenvalue weighted by molar-refractivity contribution is 6.30. The van der Waals surface area contributed by atoms with E-state index in [2.05, 4.69) is 6.92 Å². The van der Waals surface area contributed by atoms with E-state index in [4.69, 9.17) is 16.3 Å². The molecule has 0 bridgehead atoms. The van der Waals surface area contributed by atoms with Gasteiger partial charge >= 0.3 is 5.97 Å². The van der Waals surface area contributed by atoms with Crippen LogP contribution in [0.2, 0.25) is 5.02 Å². The summed E-state index contributed by atoms with van der Waals surface area (Å²) in [5.41, 5.74) is 0.565. The van der Waals surface area contributed by atoms with Crippen molar-refractivity contribution < 1.29 is 9.53 Å². The maximum atomic E-state index is 11.7. The van der Waals surface area contributed by atoms with Crippen LogP contribution in [-0.4, -0.2) is 12.6 Å². The van der Waals surface area contributed by atoms with Gasteiger partial charge in [0.15, 0.2) is 0 Å². The summed E-state index contributed by atoms with van der Waals surface area (Å²) in [7, 11) is 0. The molecule has 0 aromatic heterocycles. The third-order valence-corrected chi connectivity index (χ3v) is 3.81. The van der Waals surface area contributed by atoms with Gasteiger partial charge in [-0.05, 0) is 30.7 Å². The van der Waals surface area contributed by atoms with E-state index >= 15 is 0 Å². The van der Waals surface area contributed by atoms with Crippen molar-refractivity contribution in [1.82, 2.24) is 0 Å². The summed E-state index contributed by atoms with van der Waals surface area (Å²) in [6.07, 6.45) is 11.4.